The monoisotopic (exact) mass is 774 g/mol. The molecule has 1 aromatic heterocycles. The van der Waals surface area contributed by atoms with Crippen LogP contribution in [0.3, 0.4) is 0 Å². The molecule has 61 heavy (non-hydrogen) atoms. The first kappa shape index (κ1) is 34.0. The molecule has 10 aromatic carbocycles. The summed E-state index contributed by atoms with van der Waals surface area (Å²) in [5, 5.41) is 5.31. The van der Waals surface area contributed by atoms with Gasteiger partial charge in [0.05, 0.1) is 16.4 Å². The predicted molar refractivity (Wildman–Crippen MR) is 255 cm³/mol. The standard InChI is InChI=1S/C59H38N2/c1-4-15-39(16-5-1)40-27-32-46(33-28-40)60(44-18-6-2-7-19-44)47-34-29-41(30-35-47)43-37-53-57-55(38-43)61(45-20-8-3-9-21-45)54-36-31-42-17-14-26-52(56(42)58(54)57)59(53)50-24-12-10-22-48(50)49-23-11-13-25-51(49)59/h1-38H. The van der Waals surface area contributed by atoms with Crippen molar-refractivity contribution in [2.75, 3.05) is 4.90 Å². The highest BCUT2D eigenvalue weighted by Crippen LogP contribution is 2.62. The van der Waals surface area contributed by atoms with Crippen LogP contribution in [-0.4, -0.2) is 4.57 Å². The average Bonchev–Trinajstić information content (AvgIpc) is 3.83. The van der Waals surface area contributed by atoms with Crippen LogP contribution >= 0.6 is 0 Å². The molecular formula is C59H38N2. The molecule has 0 aliphatic heterocycles. The van der Waals surface area contributed by atoms with Crippen molar-refractivity contribution in [3.8, 4) is 39.1 Å². The fraction of sp³-hybridized carbons (Fsp3) is 0.0169. The van der Waals surface area contributed by atoms with Crippen LogP contribution in [0.5, 0.6) is 0 Å². The lowest BCUT2D eigenvalue weighted by Crippen LogP contribution is -2.30. The van der Waals surface area contributed by atoms with E-state index in [9.17, 15) is 0 Å². The Morgan fingerprint density at radius 1 is 0.311 bits per heavy atom. The zero-order valence-corrected chi connectivity index (χ0v) is 33.3. The molecule has 2 nitrogen and oxygen atoms in total. The number of hydrogen-bond donors (Lipinski definition) is 0. The molecule has 1 spiro atoms. The second kappa shape index (κ2) is 13.0. The van der Waals surface area contributed by atoms with Crippen LogP contribution in [0.15, 0.2) is 231 Å². The summed E-state index contributed by atoms with van der Waals surface area (Å²) in [6, 6.07) is 85.1. The number of fused-ring (bicyclic) bond motifs is 7. The maximum atomic E-state index is 2.52. The normalized spacial score (nSPS) is 13.0. The van der Waals surface area contributed by atoms with Gasteiger partial charge in [0.2, 0.25) is 0 Å². The van der Waals surface area contributed by atoms with Gasteiger partial charge in [0.1, 0.15) is 0 Å². The van der Waals surface area contributed by atoms with Crippen LogP contribution in [0.2, 0.25) is 0 Å². The third kappa shape index (κ3) is 4.79. The van der Waals surface area contributed by atoms with E-state index in [2.05, 4.69) is 240 Å². The molecule has 0 bridgehead atoms. The highest BCUT2D eigenvalue weighted by molar-refractivity contribution is 6.27. The van der Waals surface area contributed by atoms with Crippen molar-refractivity contribution in [2.24, 2.45) is 0 Å². The Morgan fingerprint density at radius 3 is 1.49 bits per heavy atom. The maximum Gasteiger partial charge on any atom is 0.0726 e. The number of aromatic nitrogens is 1. The van der Waals surface area contributed by atoms with E-state index < -0.39 is 5.41 Å². The van der Waals surface area contributed by atoms with Crippen molar-refractivity contribution >= 4 is 49.6 Å². The molecule has 0 N–H and O–H groups in total. The van der Waals surface area contributed by atoms with Gasteiger partial charge in [0.15, 0.2) is 0 Å². The minimum absolute atomic E-state index is 0.499. The second-order valence-corrected chi connectivity index (χ2v) is 16.4. The Hall–Kier alpha value is -7.94. The van der Waals surface area contributed by atoms with Crippen LogP contribution in [-0.2, 0) is 5.41 Å². The third-order valence-corrected chi connectivity index (χ3v) is 13.4. The number of nitrogens with zero attached hydrogens (tertiary/aromatic N) is 2. The average molecular weight is 775 g/mol. The number of para-hydroxylation sites is 2. The van der Waals surface area contributed by atoms with Crippen LogP contribution in [0.25, 0.3) is 71.6 Å². The lowest BCUT2D eigenvalue weighted by molar-refractivity contribution is 0.783. The van der Waals surface area contributed by atoms with Gasteiger partial charge >= 0.3 is 0 Å². The van der Waals surface area contributed by atoms with E-state index in [4.69, 9.17) is 0 Å². The molecule has 0 radical (unpaired) electrons. The third-order valence-electron chi connectivity index (χ3n) is 13.4. The van der Waals surface area contributed by atoms with E-state index in [1.165, 1.54) is 88.2 Å². The highest BCUT2D eigenvalue weighted by atomic mass is 15.1. The van der Waals surface area contributed by atoms with Gasteiger partial charge in [0, 0.05) is 33.5 Å². The summed E-state index contributed by atoms with van der Waals surface area (Å²) >= 11 is 0. The molecule has 0 saturated heterocycles. The van der Waals surface area contributed by atoms with Gasteiger partial charge in [-0.1, -0.05) is 164 Å². The summed E-state index contributed by atoms with van der Waals surface area (Å²) in [4.78, 5) is 2.35. The number of rotatable bonds is 6. The van der Waals surface area contributed by atoms with Gasteiger partial charge in [-0.2, -0.15) is 0 Å². The largest absolute Gasteiger partial charge is 0.311 e. The first-order valence-corrected chi connectivity index (χ1v) is 21.2. The molecular weight excluding hydrogens is 737 g/mol. The van der Waals surface area contributed by atoms with E-state index in [1.807, 2.05) is 0 Å². The molecule has 0 unspecified atom stereocenters. The van der Waals surface area contributed by atoms with Gasteiger partial charge in [-0.3, -0.25) is 0 Å². The van der Waals surface area contributed by atoms with E-state index in [0.29, 0.717) is 0 Å². The van der Waals surface area contributed by atoms with Gasteiger partial charge < -0.3 is 9.47 Å². The van der Waals surface area contributed by atoms with Crippen molar-refractivity contribution in [3.63, 3.8) is 0 Å². The summed E-state index contributed by atoms with van der Waals surface area (Å²) < 4.78 is 2.50. The van der Waals surface area contributed by atoms with Crippen LogP contribution in [0.4, 0.5) is 17.1 Å². The zero-order chi connectivity index (χ0) is 40.1. The number of anilines is 3. The summed E-state index contributed by atoms with van der Waals surface area (Å²) in [7, 11) is 0. The Labute approximate surface area is 354 Å². The van der Waals surface area contributed by atoms with Crippen LogP contribution in [0, 0.1) is 0 Å². The van der Waals surface area contributed by atoms with Gasteiger partial charge in [0.25, 0.3) is 0 Å². The molecule has 0 fully saturated rings. The van der Waals surface area contributed by atoms with Crippen molar-refractivity contribution in [3.05, 3.63) is 253 Å². The first-order valence-electron chi connectivity index (χ1n) is 21.2. The van der Waals surface area contributed by atoms with Crippen LogP contribution in [0.1, 0.15) is 22.3 Å². The smallest absolute Gasteiger partial charge is 0.0726 e. The van der Waals surface area contributed by atoms with Crippen molar-refractivity contribution < 1.29 is 0 Å². The summed E-state index contributed by atoms with van der Waals surface area (Å²) in [5.74, 6) is 0. The number of hydrogen-bond acceptors (Lipinski definition) is 1. The molecule has 11 aromatic rings. The Kier molecular flexibility index (Phi) is 7.26. The van der Waals surface area contributed by atoms with E-state index in [-0.39, 0.29) is 0 Å². The zero-order valence-electron chi connectivity index (χ0n) is 33.3. The van der Waals surface area contributed by atoms with Crippen molar-refractivity contribution in [2.45, 2.75) is 5.41 Å². The predicted octanol–water partition coefficient (Wildman–Crippen LogP) is 15.4. The van der Waals surface area contributed by atoms with Gasteiger partial charge in [-0.05, 0) is 133 Å². The Balaban J connectivity index is 1.06. The molecule has 1 heterocycles. The molecule has 0 amide bonds. The van der Waals surface area contributed by atoms with Gasteiger partial charge in [-0.25, -0.2) is 0 Å². The van der Waals surface area contributed by atoms with Crippen molar-refractivity contribution in [1.82, 2.24) is 4.57 Å². The number of benzene rings is 10. The maximum absolute atomic E-state index is 2.52. The fourth-order valence-electron chi connectivity index (χ4n) is 10.9. The quantitative estimate of drug-likeness (QED) is 0.163. The SMILES string of the molecule is c1ccc(-c2ccc(N(c3ccccc3)c3ccc(-c4cc5c6c7c8c(cccc8ccc7n(-c7ccccc7)c6c4)C54c5ccccc5-c5ccccc54)cc3)cc2)cc1. The first-order chi connectivity index (χ1) is 30.3. The Bertz CT molecular complexity index is 3450. The topological polar surface area (TPSA) is 8.17 Å². The summed E-state index contributed by atoms with van der Waals surface area (Å²) in [6.07, 6.45) is 0. The molecule has 2 aliphatic carbocycles. The molecule has 2 heteroatoms. The molecule has 13 rings (SSSR count). The lowest BCUT2D eigenvalue weighted by Gasteiger charge is -2.38. The van der Waals surface area contributed by atoms with E-state index in [1.54, 1.807) is 0 Å². The summed E-state index contributed by atoms with van der Waals surface area (Å²) in [5.41, 5.74) is 19.3. The highest BCUT2D eigenvalue weighted by Gasteiger charge is 2.50. The van der Waals surface area contributed by atoms with Crippen molar-refractivity contribution in [1.29, 1.82) is 0 Å². The minimum atomic E-state index is -0.499. The molecule has 2 aliphatic rings. The second-order valence-electron chi connectivity index (χ2n) is 16.4. The molecule has 284 valence electrons. The molecule has 0 atom stereocenters. The fourth-order valence-corrected chi connectivity index (χ4v) is 10.9. The Morgan fingerprint density at radius 2 is 0.836 bits per heavy atom. The van der Waals surface area contributed by atoms with E-state index in [0.717, 1.165) is 22.7 Å². The van der Waals surface area contributed by atoms with Gasteiger partial charge in [-0.15, -0.1) is 0 Å². The minimum Gasteiger partial charge on any atom is -0.311 e. The van der Waals surface area contributed by atoms with E-state index >= 15 is 0 Å². The molecule has 0 saturated carbocycles. The lowest BCUT2D eigenvalue weighted by atomic mass is 9.63. The summed E-state index contributed by atoms with van der Waals surface area (Å²) in [6.45, 7) is 0. The van der Waals surface area contributed by atoms with Crippen LogP contribution < -0.4 is 4.90 Å².